The first-order valence-electron chi connectivity index (χ1n) is 6.70. The monoisotopic (exact) mass is 329 g/mol. The molecule has 3 rings (SSSR count). The first-order valence-corrected chi connectivity index (χ1v) is 7.07. The zero-order valence-corrected chi connectivity index (χ0v) is 12.6. The molecule has 7 nitrogen and oxygen atoms in total. The highest BCUT2D eigenvalue weighted by molar-refractivity contribution is 6.31. The van der Waals surface area contributed by atoms with Crippen LogP contribution in [0.2, 0.25) is 5.02 Å². The zero-order valence-electron chi connectivity index (χ0n) is 11.9. The van der Waals surface area contributed by atoms with Crippen LogP contribution in [-0.2, 0) is 11.3 Å². The van der Waals surface area contributed by atoms with E-state index >= 15 is 0 Å². The predicted molar refractivity (Wildman–Crippen MR) is 86.1 cm³/mol. The van der Waals surface area contributed by atoms with Gasteiger partial charge in [-0.2, -0.15) is 5.10 Å². The van der Waals surface area contributed by atoms with Crippen molar-refractivity contribution in [3.8, 4) is 0 Å². The number of benzene rings is 1. The SMILES string of the molecule is NC(=O)Cn1cc(NC(=O)c2ccc3ccc(Cl)cc3n2)cn1. The molecular formula is C15H12ClN5O2. The van der Waals surface area contributed by atoms with Gasteiger partial charge in [0, 0.05) is 16.6 Å². The predicted octanol–water partition coefficient (Wildman–Crippen LogP) is 1.82. The second kappa shape index (κ2) is 6.05. The lowest BCUT2D eigenvalue weighted by Crippen LogP contribution is -2.18. The largest absolute Gasteiger partial charge is 0.368 e. The molecule has 116 valence electrons. The minimum atomic E-state index is -0.515. The van der Waals surface area contributed by atoms with E-state index < -0.39 is 5.91 Å². The topological polar surface area (TPSA) is 103 Å². The van der Waals surface area contributed by atoms with Gasteiger partial charge in [0.15, 0.2) is 0 Å². The molecule has 2 amide bonds. The summed E-state index contributed by atoms with van der Waals surface area (Å²) < 4.78 is 1.34. The Morgan fingerprint density at radius 1 is 1.26 bits per heavy atom. The average Bonchev–Trinajstić information content (AvgIpc) is 2.92. The molecule has 0 radical (unpaired) electrons. The van der Waals surface area contributed by atoms with E-state index in [1.165, 1.54) is 17.1 Å². The highest BCUT2D eigenvalue weighted by atomic mass is 35.5. The quantitative estimate of drug-likeness (QED) is 0.762. The van der Waals surface area contributed by atoms with E-state index in [2.05, 4.69) is 15.4 Å². The number of carbonyl (C=O) groups is 2. The fourth-order valence-corrected chi connectivity index (χ4v) is 2.25. The van der Waals surface area contributed by atoms with E-state index in [-0.39, 0.29) is 18.1 Å². The molecule has 2 heterocycles. The van der Waals surface area contributed by atoms with E-state index in [1.807, 2.05) is 6.07 Å². The fraction of sp³-hybridized carbons (Fsp3) is 0.0667. The normalized spacial score (nSPS) is 10.7. The van der Waals surface area contributed by atoms with Crippen molar-refractivity contribution in [2.75, 3.05) is 5.32 Å². The molecule has 0 saturated carbocycles. The lowest BCUT2D eigenvalue weighted by atomic mass is 10.2. The Hall–Kier alpha value is -2.93. The highest BCUT2D eigenvalue weighted by Crippen LogP contribution is 2.18. The van der Waals surface area contributed by atoms with Crippen molar-refractivity contribution in [3.63, 3.8) is 0 Å². The molecule has 0 aliphatic heterocycles. The van der Waals surface area contributed by atoms with Gasteiger partial charge < -0.3 is 11.1 Å². The molecule has 0 unspecified atom stereocenters. The molecule has 23 heavy (non-hydrogen) atoms. The van der Waals surface area contributed by atoms with E-state index in [0.717, 1.165) is 5.39 Å². The second-order valence-corrected chi connectivity index (χ2v) is 5.32. The lowest BCUT2D eigenvalue weighted by Gasteiger charge is -2.04. The molecule has 8 heteroatoms. The van der Waals surface area contributed by atoms with Crippen molar-refractivity contribution in [2.45, 2.75) is 6.54 Å². The highest BCUT2D eigenvalue weighted by Gasteiger charge is 2.10. The minimum Gasteiger partial charge on any atom is -0.368 e. The number of nitrogens with two attached hydrogens (primary N) is 1. The molecule has 3 N–H and O–H groups in total. The van der Waals surface area contributed by atoms with Crippen LogP contribution >= 0.6 is 11.6 Å². The maximum Gasteiger partial charge on any atom is 0.274 e. The summed E-state index contributed by atoms with van der Waals surface area (Å²) >= 11 is 5.94. The van der Waals surface area contributed by atoms with Gasteiger partial charge >= 0.3 is 0 Å². The van der Waals surface area contributed by atoms with E-state index in [1.54, 1.807) is 24.3 Å². The molecule has 0 spiro atoms. The van der Waals surface area contributed by atoms with Crippen LogP contribution in [0.1, 0.15) is 10.5 Å². The minimum absolute atomic E-state index is 0.0530. The maximum absolute atomic E-state index is 12.2. The van der Waals surface area contributed by atoms with Crippen molar-refractivity contribution in [1.82, 2.24) is 14.8 Å². The molecule has 1 aromatic carbocycles. The van der Waals surface area contributed by atoms with Crippen LogP contribution in [0, 0.1) is 0 Å². The van der Waals surface area contributed by atoms with Gasteiger partial charge in [-0.25, -0.2) is 4.98 Å². The van der Waals surface area contributed by atoms with Crippen LogP contribution in [0.25, 0.3) is 10.9 Å². The van der Waals surface area contributed by atoms with E-state index in [4.69, 9.17) is 17.3 Å². The summed E-state index contributed by atoms with van der Waals surface area (Å²) in [5.74, 6) is -0.899. The van der Waals surface area contributed by atoms with Crippen LogP contribution in [-0.4, -0.2) is 26.6 Å². The van der Waals surface area contributed by atoms with Crippen molar-refractivity contribution in [1.29, 1.82) is 0 Å². The molecule has 0 saturated heterocycles. The Bertz CT molecular complexity index is 906. The molecule has 0 bridgehead atoms. The summed E-state index contributed by atoms with van der Waals surface area (Å²) in [7, 11) is 0. The van der Waals surface area contributed by atoms with Gasteiger partial charge in [0.2, 0.25) is 5.91 Å². The number of nitrogens with zero attached hydrogens (tertiary/aromatic N) is 3. The fourth-order valence-electron chi connectivity index (χ4n) is 2.09. The van der Waals surface area contributed by atoms with Crippen LogP contribution in [0.5, 0.6) is 0 Å². The number of rotatable bonds is 4. The third-order valence-electron chi connectivity index (χ3n) is 3.10. The number of anilines is 1. The van der Waals surface area contributed by atoms with Crippen LogP contribution < -0.4 is 11.1 Å². The summed E-state index contributed by atoms with van der Waals surface area (Å²) in [5.41, 5.74) is 6.42. The summed E-state index contributed by atoms with van der Waals surface area (Å²) in [6.07, 6.45) is 2.94. The number of primary amides is 1. The Labute approximate surface area is 136 Å². The Balaban J connectivity index is 1.80. The third-order valence-corrected chi connectivity index (χ3v) is 3.33. The van der Waals surface area contributed by atoms with Gasteiger partial charge in [-0.3, -0.25) is 14.3 Å². The average molecular weight is 330 g/mol. The molecule has 0 atom stereocenters. The summed E-state index contributed by atoms with van der Waals surface area (Å²) in [5, 5.41) is 8.03. The second-order valence-electron chi connectivity index (χ2n) is 4.88. The number of pyridine rings is 1. The van der Waals surface area contributed by atoms with Crippen molar-refractivity contribution in [2.24, 2.45) is 5.73 Å². The summed E-state index contributed by atoms with van der Waals surface area (Å²) in [6, 6.07) is 8.71. The first kappa shape index (κ1) is 15.0. The standard InChI is InChI=1S/C15H12ClN5O2/c16-10-3-1-9-2-4-12(20-13(9)5-10)15(23)19-11-6-18-21(7-11)8-14(17)22/h1-7H,8H2,(H2,17,22)(H,19,23). The molecule has 2 aromatic heterocycles. The zero-order chi connectivity index (χ0) is 16.4. The maximum atomic E-state index is 12.2. The number of halogens is 1. The number of fused-ring (bicyclic) bond motifs is 1. The smallest absolute Gasteiger partial charge is 0.274 e. The van der Waals surface area contributed by atoms with Crippen molar-refractivity contribution < 1.29 is 9.59 Å². The van der Waals surface area contributed by atoms with Gasteiger partial charge in [0.25, 0.3) is 5.91 Å². The Morgan fingerprint density at radius 2 is 2.04 bits per heavy atom. The van der Waals surface area contributed by atoms with Crippen LogP contribution in [0.15, 0.2) is 42.7 Å². The number of aromatic nitrogens is 3. The molecule has 3 aromatic rings. The number of hydrogen-bond donors (Lipinski definition) is 2. The van der Waals surface area contributed by atoms with Crippen molar-refractivity contribution >= 4 is 40.0 Å². The summed E-state index contributed by atoms with van der Waals surface area (Å²) in [4.78, 5) is 27.4. The van der Waals surface area contributed by atoms with Gasteiger partial charge in [-0.1, -0.05) is 23.7 Å². The van der Waals surface area contributed by atoms with Crippen LogP contribution in [0.3, 0.4) is 0 Å². The molecule has 0 fully saturated rings. The molecule has 0 aliphatic carbocycles. The van der Waals surface area contributed by atoms with Gasteiger partial charge in [-0.05, 0) is 18.2 Å². The summed E-state index contributed by atoms with van der Waals surface area (Å²) in [6.45, 7) is -0.0530. The number of amides is 2. The van der Waals surface area contributed by atoms with Crippen LogP contribution in [0.4, 0.5) is 5.69 Å². The van der Waals surface area contributed by atoms with Gasteiger partial charge in [0.05, 0.1) is 17.4 Å². The Kier molecular flexibility index (Phi) is 3.94. The number of carbonyl (C=O) groups excluding carboxylic acids is 2. The number of hydrogen-bond acceptors (Lipinski definition) is 4. The lowest BCUT2D eigenvalue weighted by molar-refractivity contribution is -0.118. The molecule has 0 aliphatic rings. The first-order chi connectivity index (χ1) is 11.0. The molecular weight excluding hydrogens is 318 g/mol. The third kappa shape index (κ3) is 3.46. The van der Waals surface area contributed by atoms with Gasteiger partial charge in [0.1, 0.15) is 12.2 Å². The van der Waals surface area contributed by atoms with E-state index in [0.29, 0.717) is 16.2 Å². The van der Waals surface area contributed by atoms with Crippen molar-refractivity contribution in [3.05, 3.63) is 53.4 Å². The number of nitrogens with one attached hydrogen (secondary N) is 1. The van der Waals surface area contributed by atoms with Gasteiger partial charge in [-0.15, -0.1) is 0 Å². The Morgan fingerprint density at radius 3 is 2.83 bits per heavy atom. The van der Waals surface area contributed by atoms with E-state index in [9.17, 15) is 9.59 Å².